The smallest absolute Gasteiger partial charge is 0.171 e. The van der Waals surface area contributed by atoms with E-state index >= 15 is 0 Å². The van der Waals surface area contributed by atoms with Crippen LogP contribution in [-0.4, -0.2) is 50.6 Å². The first-order chi connectivity index (χ1) is 18.9. The van der Waals surface area contributed by atoms with E-state index in [0.29, 0.717) is 36.9 Å². The van der Waals surface area contributed by atoms with Crippen molar-refractivity contribution >= 4 is 11.5 Å². The van der Waals surface area contributed by atoms with Crippen LogP contribution in [0.25, 0.3) is 0 Å². The molecule has 5 nitrogen and oxygen atoms in total. The Hall–Kier alpha value is -1.69. The molecule has 0 aromatic heterocycles. The molecule has 4 unspecified atom stereocenters. The summed E-state index contributed by atoms with van der Waals surface area (Å²) < 4.78 is 18.9. The molecule has 7 rings (SSSR count). The van der Waals surface area contributed by atoms with Crippen LogP contribution in [0.4, 0.5) is 5.69 Å². The van der Waals surface area contributed by atoms with Crippen molar-refractivity contribution in [3.05, 3.63) is 41.0 Å². The quantitative estimate of drug-likeness (QED) is 0.392. The summed E-state index contributed by atoms with van der Waals surface area (Å²) >= 11 is 0. The van der Waals surface area contributed by atoms with Gasteiger partial charge in [0.15, 0.2) is 5.79 Å². The van der Waals surface area contributed by atoms with E-state index in [4.69, 9.17) is 14.2 Å². The third kappa shape index (κ3) is 4.08. The molecule has 0 amide bonds. The Balaban J connectivity index is 1.28. The summed E-state index contributed by atoms with van der Waals surface area (Å²) in [7, 11) is 4.17. The number of benzene rings is 1. The Labute approximate surface area is 234 Å². The number of hydrogen-bond donors (Lipinski definition) is 0. The first kappa shape index (κ1) is 26.2. The summed E-state index contributed by atoms with van der Waals surface area (Å²) in [5.74, 6) is 1.22. The van der Waals surface area contributed by atoms with Gasteiger partial charge in [0.25, 0.3) is 0 Å². The van der Waals surface area contributed by atoms with Crippen molar-refractivity contribution in [3.63, 3.8) is 0 Å². The molecule has 1 aliphatic heterocycles. The minimum atomic E-state index is -0.486. The average Bonchev–Trinajstić information content (AvgIpc) is 3.55. The number of ether oxygens (including phenoxy) is 3. The molecule has 6 aliphatic rings. The lowest BCUT2D eigenvalue weighted by Gasteiger charge is -2.56. The molecular formula is C34H47NO4. The lowest BCUT2D eigenvalue weighted by Crippen LogP contribution is -2.54. The first-order valence-corrected chi connectivity index (χ1v) is 15.8. The molecule has 0 bridgehead atoms. The summed E-state index contributed by atoms with van der Waals surface area (Å²) in [5, 5.41) is 0. The van der Waals surface area contributed by atoms with Gasteiger partial charge in [-0.3, -0.25) is 4.79 Å². The second-order valence-electron chi connectivity index (χ2n) is 13.8. The summed E-state index contributed by atoms with van der Waals surface area (Å²) in [6, 6.07) is 10.1. The Morgan fingerprint density at radius 1 is 0.949 bits per heavy atom. The number of methoxy groups -OCH3 is 1. The van der Waals surface area contributed by atoms with Crippen LogP contribution in [0.15, 0.2) is 35.4 Å². The summed E-state index contributed by atoms with van der Waals surface area (Å²) in [6.07, 6.45) is 14.2. The fourth-order valence-corrected chi connectivity index (χ4v) is 9.98. The van der Waals surface area contributed by atoms with Gasteiger partial charge in [-0.05, 0) is 80.1 Å². The highest BCUT2D eigenvalue weighted by Crippen LogP contribution is 2.65. The van der Waals surface area contributed by atoms with E-state index in [1.54, 1.807) is 5.57 Å². The average molecular weight is 534 g/mol. The number of Topliss-reactive ketones (excluding diaryl/α,β-unsaturated/α-hetero) is 1. The Bertz CT molecular complexity index is 1130. The maximum atomic E-state index is 13.4. The second-order valence-corrected chi connectivity index (χ2v) is 13.8. The lowest BCUT2D eigenvalue weighted by atomic mass is 9.51. The van der Waals surface area contributed by atoms with Crippen LogP contribution in [0.2, 0.25) is 0 Å². The molecule has 212 valence electrons. The van der Waals surface area contributed by atoms with E-state index in [1.807, 2.05) is 7.11 Å². The third-order valence-electron chi connectivity index (χ3n) is 12.1. The molecule has 39 heavy (non-hydrogen) atoms. The molecule has 1 aromatic rings. The van der Waals surface area contributed by atoms with Gasteiger partial charge in [-0.25, -0.2) is 0 Å². The van der Waals surface area contributed by atoms with E-state index in [9.17, 15) is 4.79 Å². The predicted molar refractivity (Wildman–Crippen MR) is 153 cm³/mol. The maximum Gasteiger partial charge on any atom is 0.171 e. The lowest BCUT2D eigenvalue weighted by molar-refractivity contribution is -0.213. The van der Waals surface area contributed by atoms with Crippen molar-refractivity contribution in [1.82, 2.24) is 0 Å². The highest BCUT2D eigenvalue weighted by molar-refractivity contribution is 5.87. The van der Waals surface area contributed by atoms with Crippen LogP contribution >= 0.6 is 0 Å². The van der Waals surface area contributed by atoms with Crippen molar-refractivity contribution in [2.75, 3.05) is 32.3 Å². The number of rotatable bonds is 4. The largest absolute Gasteiger partial charge is 0.374 e. The van der Waals surface area contributed by atoms with Gasteiger partial charge in [-0.2, -0.15) is 0 Å². The topological polar surface area (TPSA) is 48.0 Å². The van der Waals surface area contributed by atoms with E-state index in [0.717, 1.165) is 51.4 Å². The third-order valence-corrected chi connectivity index (χ3v) is 12.1. The number of hydrogen-bond acceptors (Lipinski definition) is 5. The van der Waals surface area contributed by atoms with Gasteiger partial charge in [-0.1, -0.05) is 43.9 Å². The van der Waals surface area contributed by atoms with Gasteiger partial charge in [-0.15, -0.1) is 0 Å². The van der Waals surface area contributed by atoms with Crippen molar-refractivity contribution in [1.29, 1.82) is 0 Å². The number of allylic oxidation sites excluding steroid dienone is 1. The highest BCUT2D eigenvalue weighted by Gasteiger charge is 2.61. The molecule has 5 heteroatoms. The summed E-state index contributed by atoms with van der Waals surface area (Å²) in [4.78, 5) is 15.9. The zero-order valence-electron chi connectivity index (χ0n) is 24.3. The molecule has 0 N–H and O–H groups in total. The van der Waals surface area contributed by atoms with Gasteiger partial charge < -0.3 is 19.1 Å². The van der Waals surface area contributed by atoms with Crippen LogP contribution < -0.4 is 4.90 Å². The monoisotopic (exact) mass is 533 g/mol. The van der Waals surface area contributed by atoms with E-state index in [2.05, 4.69) is 43.1 Å². The van der Waals surface area contributed by atoms with Crippen LogP contribution in [0.5, 0.6) is 0 Å². The number of anilines is 1. The molecule has 4 saturated carbocycles. The number of carbonyl (C=O) groups is 1. The van der Waals surface area contributed by atoms with Gasteiger partial charge in [0.1, 0.15) is 5.78 Å². The molecule has 1 heterocycles. The standard InChI is InChI=1S/C34H47NO4/c1-32-21-27(23-9-11-25(12-10-23)35(2)24-7-5-4-6-8-24)31-26(28(32)13-14-30(32)36)15-17-33(37-3)22-34(18-16-29(31)33)38-19-20-39-34/h9-12,24,26-28H,4-8,13-22H2,1-3H3/t26?,27?,28?,32?,33-/m1/s1. The van der Waals surface area contributed by atoms with Crippen LogP contribution in [0, 0.1) is 17.3 Å². The molecular weight excluding hydrogens is 486 g/mol. The van der Waals surface area contributed by atoms with Gasteiger partial charge in [0, 0.05) is 56.5 Å². The molecule has 0 radical (unpaired) electrons. The van der Waals surface area contributed by atoms with Crippen LogP contribution in [-0.2, 0) is 19.0 Å². The Morgan fingerprint density at radius 2 is 1.69 bits per heavy atom. The predicted octanol–water partition coefficient (Wildman–Crippen LogP) is 6.95. The Morgan fingerprint density at radius 3 is 2.41 bits per heavy atom. The summed E-state index contributed by atoms with van der Waals surface area (Å²) in [5.41, 5.74) is 5.30. The number of ketones is 1. The number of carbonyl (C=O) groups excluding carboxylic acids is 1. The molecule has 1 aromatic carbocycles. The van der Waals surface area contributed by atoms with Crippen LogP contribution in [0.1, 0.15) is 102 Å². The maximum absolute atomic E-state index is 13.4. The normalized spacial score (nSPS) is 38.0. The highest BCUT2D eigenvalue weighted by atomic mass is 16.7. The fraction of sp³-hybridized carbons (Fsp3) is 0.735. The van der Waals surface area contributed by atoms with Gasteiger partial charge >= 0.3 is 0 Å². The SMILES string of the molecule is CO[C@@]12CCC3C(=C1CCC1(C2)OCCO1)C(c1ccc(N(C)C2CCCCC2)cc1)CC1(C)C(=O)CCC31. The van der Waals surface area contributed by atoms with E-state index in [-0.39, 0.29) is 16.9 Å². The molecule has 1 saturated heterocycles. The van der Waals surface area contributed by atoms with E-state index < -0.39 is 5.79 Å². The van der Waals surface area contributed by atoms with E-state index in [1.165, 1.54) is 48.9 Å². The van der Waals surface area contributed by atoms with Crippen molar-refractivity contribution in [2.24, 2.45) is 17.3 Å². The zero-order valence-corrected chi connectivity index (χ0v) is 24.3. The minimum Gasteiger partial charge on any atom is -0.374 e. The van der Waals surface area contributed by atoms with Crippen molar-refractivity contribution in [2.45, 2.75) is 114 Å². The number of nitrogens with zero attached hydrogens (tertiary/aromatic N) is 1. The van der Waals surface area contributed by atoms with Gasteiger partial charge in [0.2, 0.25) is 0 Å². The second kappa shape index (κ2) is 9.70. The molecule has 5 aliphatic carbocycles. The molecule has 1 spiro atoms. The Kier molecular flexibility index (Phi) is 6.52. The van der Waals surface area contributed by atoms with Crippen molar-refractivity contribution in [3.8, 4) is 0 Å². The first-order valence-electron chi connectivity index (χ1n) is 15.8. The van der Waals surface area contributed by atoms with Crippen molar-refractivity contribution < 1.29 is 19.0 Å². The molecule has 5 atom stereocenters. The summed E-state index contributed by atoms with van der Waals surface area (Å²) in [6.45, 7) is 3.66. The minimum absolute atomic E-state index is 0.211. The fourth-order valence-electron chi connectivity index (χ4n) is 9.98. The molecule has 5 fully saturated rings. The van der Waals surface area contributed by atoms with Crippen LogP contribution in [0.3, 0.4) is 0 Å². The zero-order chi connectivity index (χ0) is 26.8. The number of fused-ring (bicyclic) bond motifs is 4. The van der Waals surface area contributed by atoms with Gasteiger partial charge in [0.05, 0.1) is 18.8 Å².